The first kappa shape index (κ1) is 18.8. The number of ether oxygens (including phenoxy) is 2. The smallest absolute Gasteiger partial charge is 0.234 e. The van der Waals surface area contributed by atoms with Crippen LogP contribution in [0.25, 0.3) is 0 Å². The van der Waals surface area contributed by atoms with Gasteiger partial charge in [0.15, 0.2) is 0 Å². The van der Waals surface area contributed by atoms with Gasteiger partial charge in [0.05, 0.1) is 25.2 Å². The van der Waals surface area contributed by atoms with Crippen LogP contribution in [0.15, 0.2) is 16.6 Å². The monoisotopic (exact) mass is 372 g/mol. The van der Waals surface area contributed by atoms with Crippen molar-refractivity contribution in [1.82, 2.24) is 10.2 Å². The van der Waals surface area contributed by atoms with Crippen LogP contribution >= 0.6 is 15.9 Å². The first-order valence-electron chi connectivity index (χ1n) is 7.06. The van der Waals surface area contributed by atoms with Crippen molar-refractivity contribution in [3.63, 3.8) is 0 Å². The Morgan fingerprint density at radius 3 is 2.32 bits per heavy atom. The van der Waals surface area contributed by atoms with Crippen molar-refractivity contribution in [1.29, 1.82) is 0 Å². The Labute approximate surface area is 141 Å². The lowest BCUT2D eigenvalue weighted by molar-refractivity contribution is -0.123. The molecule has 0 aliphatic heterocycles. The molecule has 1 aromatic rings. The van der Waals surface area contributed by atoms with E-state index < -0.39 is 0 Å². The number of hydrogen-bond donors (Lipinski definition) is 1. The molecule has 1 N–H and O–H groups in total. The molecule has 0 aromatic heterocycles. The molecule has 1 rings (SSSR count). The van der Waals surface area contributed by atoms with E-state index in [1.54, 1.807) is 14.2 Å². The Morgan fingerprint density at radius 2 is 1.82 bits per heavy atom. The van der Waals surface area contributed by atoms with Crippen LogP contribution < -0.4 is 14.8 Å². The van der Waals surface area contributed by atoms with Crippen molar-refractivity contribution in [2.45, 2.75) is 32.9 Å². The second-order valence-corrected chi connectivity index (χ2v) is 7.12. The van der Waals surface area contributed by atoms with E-state index in [0.717, 1.165) is 21.5 Å². The number of hydrogen-bond acceptors (Lipinski definition) is 4. The van der Waals surface area contributed by atoms with E-state index in [1.807, 2.05) is 44.9 Å². The third kappa shape index (κ3) is 5.85. The zero-order chi connectivity index (χ0) is 16.9. The minimum absolute atomic E-state index is 0.00181. The standard InChI is InChI=1S/C16H25BrN2O3/c1-16(2,3)18-15(20)10-19(4)9-11-7-14(22-6)12(17)8-13(11)21-5/h7-8H,9-10H2,1-6H3,(H,18,20). The third-order valence-electron chi connectivity index (χ3n) is 2.92. The summed E-state index contributed by atoms with van der Waals surface area (Å²) in [5.74, 6) is 1.50. The number of carbonyl (C=O) groups is 1. The lowest BCUT2D eigenvalue weighted by Gasteiger charge is -2.24. The number of nitrogens with zero attached hydrogens (tertiary/aromatic N) is 1. The molecule has 0 aliphatic rings. The van der Waals surface area contributed by atoms with Gasteiger partial charge in [-0.3, -0.25) is 9.69 Å². The topological polar surface area (TPSA) is 50.8 Å². The van der Waals surface area contributed by atoms with Crippen molar-refractivity contribution in [2.24, 2.45) is 0 Å². The molecule has 124 valence electrons. The minimum Gasteiger partial charge on any atom is -0.496 e. The van der Waals surface area contributed by atoms with Crippen molar-refractivity contribution in [2.75, 3.05) is 27.8 Å². The SMILES string of the molecule is COc1cc(CN(C)CC(=O)NC(C)(C)C)c(OC)cc1Br. The van der Waals surface area contributed by atoms with Gasteiger partial charge in [-0.05, 0) is 55.9 Å². The first-order valence-corrected chi connectivity index (χ1v) is 7.85. The molecule has 0 heterocycles. The van der Waals surface area contributed by atoms with Crippen LogP contribution in [0.1, 0.15) is 26.3 Å². The van der Waals surface area contributed by atoms with Crippen LogP contribution in [-0.2, 0) is 11.3 Å². The maximum Gasteiger partial charge on any atom is 0.234 e. The average Bonchev–Trinajstić information content (AvgIpc) is 2.37. The Kier molecular flexibility index (Phi) is 6.68. The summed E-state index contributed by atoms with van der Waals surface area (Å²) in [5.41, 5.74) is 0.741. The second-order valence-electron chi connectivity index (χ2n) is 6.27. The highest BCUT2D eigenvalue weighted by atomic mass is 79.9. The lowest BCUT2D eigenvalue weighted by atomic mass is 10.1. The fourth-order valence-electron chi connectivity index (χ4n) is 2.10. The summed E-state index contributed by atoms with van der Waals surface area (Å²) < 4.78 is 11.5. The van der Waals surface area contributed by atoms with Crippen LogP contribution in [0.5, 0.6) is 11.5 Å². The Bertz CT molecular complexity index is 527. The fraction of sp³-hybridized carbons (Fsp3) is 0.562. The summed E-state index contributed by atoms with van der Waals surface area (Å²) in [7, 11) is 5.15. The highest BCUT2D eigenvalue weighted by Gasteiger charge is 2.17. The number of likely N-dealkylation sites (N-methyl/N-ethyl adjacent to an activating group) is 1. The Hall–Kier alpha value is -1.27. The Morgan fingerprint density at radius 1 is 1.23 bits per heavy atom. The summed E-state index contributed by atoms with van der Waals surface area (Å²) in [5, 5.41) is 2.95. The zero-order valence-corrected chi connectivity index (χ0v) is 15.7. The van der Waals surface area contributed by atoms with E-state index >= 15 is 0 Å². The predicted molar refractivity (Wildman–Crippen MR) is 91.5 cm³/mol. The summed E-state index contributed by atoms with van der Waals surface area (Å²) in [4.78, 5) is 13.9. The molecular formula is C16H25BrN2O3. The maximum atomic E-state index is 12.0. The summed E-state index contributed by atoms with van der Waals surface area (Å²) in [6.45, 7) is 6.80. The molecule has 0 radical (unpaired) electrons. The fourth-order valence-corrected chi connectivity index (χ4v) is 2.58. The molecule has 1 aromatic carbocycles. The third-order valence-corrected chi connectivity index (χ3v) is 3.54. The highest BCUT2D eigenvalue weighted by Crippen LogP contribution is 2.33. The van der Waals surface area contributed by atoms with Gasteiger partial charge in [0.1, 0.15) is 11.5 Å². The van der Waals surface area contributed by atoms with Gasteiger partial charge in [-0.1, -0.05) is 0 Å². The molecule has 5 nitrogen and oxygen atoms in total. The molecule has 6 heteroatoms. The van der Waals surface area contributed by atoms with Crippen molar-refractivity contribution >= 4 is 21.8 Å². The predicted octanol–water partition coefficient (Wildman–Crippen LogP) is 2.81. The molecule has 0 bridgehead atoms. The van der Waals surface area contributed by atoms with E-state index in [0.29, 0.717) is 13.1 Å². The minimum atomic E-state index is -0.226. The van der Waals surface area contributed by atoms with Crippen molar-refractivity contribution in [3.05, 3.63) is 22.2 Å². The van der Waals surface area contributed by atoms with Crippen LogP contribution in [0.2, 0.25) is 0 Å². The van der Waals surface area contributed by atoms with E-state index in [-0.39, 0.29) is 11.4 Å². The molecular weight excluding hydrogens is 348 g/mol. The van der Waals surface area contributed by atoms with E-state index in [9.17, 15) is 4.79 Å². The molecule has 0 saturated carbocycles. The van der Waals surface area contributed by atoms with Crippen LogP contribution in [0.3, 0.4) is 0 Å². The highest BCUT2D eigenvalue weighted by molar-refractivity contribution is 9.10. The van der Waals surface area contributed by atoms with Crippen LogP contribution in [-0.4, -0.2) is 44.2 Å². The number of benzene rings is 1. The Balaban J connectivity index is 2.79. The number of halogens is 1. The van der Waals surface area contributed by atoms with Gasteiger partial charge in [0, 0.05) is 17.6 Å². The lowest BCUT2D eigenvalue weighted by Crippen LogP contribution is -2.45. The van der Waals surface area contributed by atoms with Gasteiger partial charge < -0.3 is 14.8 Å². The molecule has 0 atom stereocenters. The molecule has 0 spiro atoms. The van der Waals surface area contributed by atoms with E-state index in [1.165, 1.54) is 0 Å². The van der Waals surface area contributed by atoms with Crippen LogP contribution in [0, 0.1) is 0 Å². The van der Waals surface area contributed by atoms with Gasteiger partial charge >= 0.3 is 0 Å². The number of methoxy groups -OCH3 is 2. The van der Waals surface area contributed by atoms with Gasteiger partial charge in [-0.25, -0.2) is 0 Å². The maximum absolute atomic E-state index is 12.0. The zero-order valence-electron chi connectivity index (χ0n) is 14.1. The molecule has 0 aliphatic carbocycles. The average molecular weight is 373 g/mol. The molecule has 0 fully saturated rings. The largest absolute Gasteiger partial charge is 0.496 e. The van der Waals surface area contributed by atoms with Crippen molar-refractivity contribution in [3.8, 4) is 11.5 Å². The molecule has 0 unspecified atom stereocenters. The summed E-state index contributed by atoms with van der Waals surface area (Å²) >= 11 is 3.44. The molecule has 1 amide bonds. The molecule has 0 saturated heterocycles. The number of nitrogens with one attached hydrogen (secondary N) is 1. The normalized spacial score (nSPS) is 11.5. The second kappa shape index (κ2) is 7.83. The van der Waals surface area contributed by atoms with E-state index in [2.05, 4.69) is 21.2 Å². The van der Waals surface area contributed by atoms with E-state index in [4.69, 9.17) is 9.47 Å². The van der Waals surface area contributed by atoms with Gasteiger partial charge in [0.25, 0.3) is 0 Å². The number of carbonyl (C=O) groups excluding carboxylic acids is 1. The summed E-state index contributed by atoms with van der Waals surface area (Å²) in [6.07, 6.45) is 0. The van der Waals surface area contributed by atoms with Gasteiger partial charge in [0.2, 0.25) is 5.91 Å². The van der Waals surface area contributed by atoms with Gasteiger partial charge in [-0.15, -0.1) is 0 Å². The quantitative estimate of drug-likeness (QED) is 0.833. The first-order chi connectivity index (χ1) is 10.2. The number of amides is 1. The van der Waals surface area contributed by atoms with Gasteiger partial charge in [-0.2, -0.15) is 0 Å². The van der Waals surface area contributed by atoms with Crippen LogP contribution in [0.4, 0.5) is 0 Å². The summed E-state index contributed by atoms with van der Waals surface area (Å²) in [6, 6.07) is 3.79. The van der Waals surface area contributed by atoms with Crippen molar-refractivity contribution < 1.29 is 14.3 Å². The number of rotatable bonds is 6. The molecule has 22 heavy (non-hydrogen) atoms.